The summed E-state index contributed by atoms with van der Waals surface area (Å²) in [4.78, 5) is 26.4. The highest BCUT2D eigenvalue weighted by atomic mass is 16.2. The molecule has 5 heteroatoms. The Morgan fingerprint density at radius 2 is 1.68 bits per heavy atom. The van der Waals surface area contributed by atoms with Crippen LogP contribution in [0.2, 0.25) is 0 Å². The first-order valence-corrected chi connectivity index (χ1v) is 10.8. The Hall–Kier alpha value is -1.88. The van der Waals surface area contributed by atoms with E-state index >= 15 is 0 Å². The van der Waals surface area contributed by atoms with Gasteiger partial charge in [-0.15, -0.1) is 0 Å². The molecule has 1 aromatic carbocycles. The number of rotatable bonds is 10. The first-order chi connectivity index (χ1) is 13.5. The van der Waals surface area contributed by atoms with Gasteiger partial charge in [-0.2, -0.15) is 0 Å². The molecule has 156 valence electrons. The first kappa shape index (κ1) is 22.4. The van der Waals surface area contributed by atoms with Crippen LogP contribution < -0.4 is 10.6 Å². The number of nitrogens with one attached hydrogen (secondary N) is 2. The van der Waals surface area contributed by atoms with Crippen molar-refractivity contribution in [1.29, 1.82) is 0 Å². The van der Waals surface area contributed by atoms with Crippen LogP contribution in [0.15, 0.2) is 30.3 Å². The zero-order valence-electron chi connectivity index (χ0n) is 17.8. The fourth-order valence-corrected chi connectivity index (χ4v) is 4.20. The summed E-state index contributed by atoms with van der Waals surface area (Å²) in [5.74, 6) is -0.0311. The van der Waals surface area contributed by atoms with E-state index in [1.165, 1.54) is 5.56 Å². The molecule has 5 nitrogen and oxygen atoms in total. The van der Waals surface area contributed by atoms with Crippen molar-refractivity contribution >= 4 is 11.8 Å². The van der Waals surface area contributed by atoms with Gasteiger partial charge in [0.25, 0.3) is 0 Å². The largest absolute Gasteiger partial charge is 0.356 e. The normalized spacial score (nSPS) is 22.1. The van der Waals surface area contributed by atoms with Gasteiger partial charge in [0.2, 0.25) is 11.8 Å². The minimum atomic E-state index is -0.0226. The lowest BCUT2D eigenvalue weighted by Crippen LogP contribution is -2.48. The van der Waals surface area contributed by atoms with Crippen molar-refractivity contribution in [3.8, 4) is 0 Å². The summed E-state index contributed by atoms with van der Waals surface area (Å²) >= 11 is 0. The molecule has 28 heavy (non-hydrogen) atoms. The number of benzene rings is 1. The van der Waals surface area contributed by atoms with E-state index in [9.17, 15) is 9.59 Å². The maximum absolute atomic E-state index is 12.3. The van der Waals surface area contributed by atoms with E-state index in [1.807, 2.05) is 0 Å². The standard InChI is InChI=1S/C23H37N3O2/c1-4-5-9-18-24-21(27)12-13-22(28)25-20-14-16-23(17-15-20,26(2)3)19-10-7-6-8-11-19/h6-8,10-11,20H,4-5,9,12-18H2,1-3H3,(H,24,27)(H,25,28). The van der Waals surface area contributed by atoms with E-state index in [-0.39, 0.29) is 36.2 Å². The SMILES string of the molecule is CCCCCNC(=O)CCC(=O)NC1CCC(c2ccccc2)(N(C)C)CC1. The Kier molecular flexibility index (Phi) is 8.97. The lowest BCUT2D eigenvalue weighted by atomic mass is 9.74. The number of hydrogen-bond acceptors (Lipinski definition) is 3. The van der Waals surface area contributed by atoms with Gasteiger partial charge in [0.05, 0.1) is 0 Å². The van der Waals surface area contributed by atoms with E-state index in [1.54, 1.807) is 0 Å². The number of hydrogen-bond donors (Lipinski definition) is 2. The molecule has 0 saturated heterocycles. The minimum Gasteiger partial charge on any atom is -0.356 e. The molecule has 1 aliphatic rings. The predicted molar refractivity (Wildman–Crippen MR) is 114 cm³/mol. The van der Waals surface area contributed by atoms with E-state index in [2.05, 4.69) is 66.9 Å². The molecule has 2 N–H and O–H groups in total. The summed E-state index contributed by atoms with van der Waals surface area (Å²) in [7, 11) is 4.29. The van der Waals surface area contributed by atoms with Crippen LogP contribution in [-0.4, -0.2) is 43.4 Å². The van der Waals surface area contributed by atoms with Crippen molar-refractivity contribution in [1.82, 2.24) is 15.5 Å². The number of unbranched alkanes of at least 4 members (excludes halogenated alkanes) is 2. The molecule has 0 unspecified atom stereocenters. The average molecular weight is 388 g/mol. The quantitative estimate of drug-likeness (QED) is 0.603. The molecule has 1 saturated carbocycles. The van der Waals surface area contributed by atoms with Crippen molar-refractivity contribution in [2.45, 2.75) is 76.3 Å². The lowest BCUT2D eigenvalue weighted by molar-refractivity contribution is -0.127. The molecular weight excluding hydrogens is 350 g/mol. The third kappa shape index (κ3) is 6.33. The molecule has 0 radical (unpaired) electrons. The predicted octanol–water partition coefficient (Wildman–Crippen LogP) is 3.59. The highest BCUT2D eigenvalue weighted by Crippen LogP contribution is 2.40. The number of carbonyl (C=O) groups excluding carboxylic acids is 2. The second kappa shape index (κ2) is 11.2. The monoisotopic (exact) mass is 387 g/mol. The molecule has 2 amide bonds. The zero-order valence-corrected chi connectivity index (χ0v) is 17.8. The lowest BCUT2D eigenvalue weighted by Gasteiger charge is -2.45. The minimum absolute atomic E-state index is 0.00854. The highest BCUT2D eigenvalue weighted by molar-refractivity contribution is 5.83. The highest BCUT2D eigenvalue weighted by Gasteiger charge is 2.38. The van der Waals surface area contributed by atoms with Gasteiger partial charge >= 0.3 is 0 Å². The van der Waals surface area contributed by atoms with Crippen LogP contribution in [0.4, 0.5) is 0 Å². The fraction of sp³-hybridized carbons (Fsp3) is 0.652. The summed E-state index contributed by atoms with van der Waals surface area (Å²) in [5, 5.41) is 6.03. The number of amides is 2. The van der Waals surface area contributed by atoms with Gasteiger partial charge in [0.1, 0.15) is 0 Å². The van der Waals surface area contributed by atoms with Crippen molar-refractivity contribution < 1.29 is 9.59 Å². The molecular formula is C23H37N3O2. The molecule has 0 bridgehead atoms. The van der Waals surface area contributed by atoms with Gasteiger partial charge in [-0.3, -0.25) is 14.5 Å². The van der Waals surface area contributed by atoms with Crippen LogP contribution in [0.3, 0.4) is 0 Å². The van der Waals surface area contributed by atoms with E-state index in [0.29, 0.717) is 6.54 Å². The topological polar surface area (TPSA) is 61.4 Å². The zero-order chi connectivity index (χ0) is 20.4. The van der Waals surface area contributed by atoms with Crippen LogP contribution in [0.25, 0.3) is 0 Å². The van der Waals surface area contributed by atoms with Crippen molar-refractivity contribution in [2.75, 3.05) is 20.6 Å². The first-order valence-electron chi connectivity index (χ1n) is 10.8. The summed E-state index contributed by atoms with van der Waals surface area (Å²) < 4.78 is 0. The fourth-order valence-electron chi connectivity index (χ4n) is 4.20. The molecule has 1 fully saturated rings. The van der Waals surface area contributed by atoms with Crippen LogP contribution in [-0.2, 0) is 15.1 Å². The number of nitrogens with zero attached hydrogens (tertiary/aromatic N) is 1. The van der Waals surface area contributed by atoms with Crippen LogP contribution >= 0.6 is 0 Å². The van der Waals surface area contributed by atoms with Crippen molar-refractivity contribution in [3.05, 3.63) is 35.9 Å². The van der Waals surface area contributed by atoms with Crippen LogP contribution in [0, 0.1) is 0 Å². The Morgan fingerprint density at radius 1 is 1.04 bits per heavy atom. The maximum atomic E-state index is 12.3. The Labute approximate surface area is 170 Å². The Bertz CT molecular complexity index is 608. The van der Waals surface area contributed by atoms with Crippen molar-refractivity contribution in [3.63, 3.8) is 0 Å². The summed E-state index contributed by atoms with van der Waals surface area (Å²) in [6.45, 7) is 2.85. The molecule has 0 spiro atoms. The second-order valence-electron chi connectivity index (χ2n) is 8.19. The Balaban J connectivity index is 1.75. The van der Waals surface area contributed by atoms with Gasteiger partial charge in [0.15, 0.2) is 0 Å². The van der Waals surface area contributed by atoms with E-state index in [0.717, 1.165) is 44.9 Å². The third-order valence-corrected chi connectivity index (χ3v) is 6.03. The van der Waals surface area contributed by atoms with E-state index in [4.69, 9.17) is 0 Å². The molecule has 0 aliphatic heterocycles. The maximum Gasteiger partial charge on any atom is 0.220 e. The molecule has 1 aromatic rings. The molecule has 0 aromatic heterocycles. The van der Waals surface area contributed by atoms with Gasteiger partial charge in [-0.05, 0) is 51.8 Å². The van der Waals surface area contributed by atoms with Crippen LogP contribution in [0.5, 0.6) is 0 Å². The summed E-state index contributed by atoms with van der Waals surface area (Å²) in [6.07, 6.45) is 7.78. The van der Waals surface area contributed by atoms with Crippen molar-refractivity contribution in [2.24, 2.45) is 0 Å². The molecule has 0 heterocycles. The van der Waals surface area contributed by atoms with Gasteiger partial charge in [-0.1, -0.05) is 50.1 Å². The third-order valence-electron chi connectivity index (χ3n) is 6.03. The average Bonchev–Trinajstić information content (AvgIpc) is 2.71. The molecule has 1 aliphatic carbocycles. The number of carbonyl (C=O) groups is 2. The summed E-state index contributed by atoms with van der Waals surface area (Å²) in [5.41, 5.74) is 1.39. The van der Waals surface area contributed by atoms with Gasteiger partial charge in [-0.25, -0.2) is 0 Å². The molecule has 0 atom stereocenters. The Morgan fingerprint density at radius 3 is 2.29 bits per heavy atom. The van der Waals surface area contributed by atoms with Gasteiger partial charge < -0.3 is 10.6 Å². The smallest absolute Gasteiger partial charge is 0.220 e. The summed E-state index contributed by atoms with van der Waals surface area (Å²) in [6, 6.07) is 10.9. The molecule has 2 rings (SSSR count). The second-order valence-corrected chi connectivity index (χ2v) is 8.19. The van der Waals surface area contributed by atoms with Crippen LogP contribution in [0.1, 0.15) is 70.3 Å². The van der Waals surface area contributed by atoms with E-state index < -0.39 is 0 Å². The van der Waals surface area contributed by atoms with Gasteiger partial charge in [0, 0.05) is 31.0 Å².